The second kappa shape index (κ2) is 5.16. The molecule has 0 spiro atoms. The number of carbonyl (C=O) groups is 2. The van der Waals surface area contributed by atoms with Crippen LogP contribution in [-0.4, -0.2) is 52.1 Å². The summed E-state index contributed by atoms with van der Waals surface area (Å²) >= 11 is 0. The molecule has 0 aromatic rings. The van der Waals surface area contributed by atoms with E-state index in [1.165, 1.54) is 6.42 Å². The number of carboxylic acids is 1. The van der Waals surface area contributed by atoms with Crippen molar-refractivity contribution in [3.05, 3.63) is 0 Å². The number of hydrogen-bond acceptors (Lipinski definition) is 2. The first-order chi connectivity index (χ1) is 8.50. The number of amides is 2. The zero-order chi connectivity index (χ0) is 13.3. The fourth-order valence-electron chi connectivity index (χ4n) is 3.10. The number of hydrogen-bond donors (Lipinski definition) is 1. The van der Waals surface area contributed by atoms with Gasteiger partial charge in [0.25, 0.3) is 0 Å². The van der Waals surface area contributed by atoms with E-state index in [-0.39, 0.29) is 24.0 Å². The van der Waals surface area contributed by atoms with Crippen molar-refractivity contribution in [1.29, 1.82) is 0 Å². The summed E-state index contributed by atoms with van der Waals surface area (Å²) in [4.78, 5) is 27.0. The van der Waals surface area contributed by atoms with Gasteiger partial charge in [-0.1, -0.05) is 0 Å². The third-order valence-electron chi connectivity index (χ3n) is 4.22. The Hall–Kier alpha value is -1.26. The van der Waals surface area contributed by atoms with Gasteiger partial charge < -0.3 is 14.9 Å². The number of rotatable bonds is 1. The van der Waals surface area contributed by atoms with Crippen LogP contribution in [0.5, 0.6) is 0 Å². The molecule has 0 aromatic carbocycles. The highest BCUT2D eigenvalue weighted by molar-refractivity contribution is 5.78. The molecular formula is C13H22N2O3. The maximum absolute atomic E-state index is 12.4. The minimum atomic E-state index is -0.787. The maximum atomic E-state index is 12.4. The van der Waals surface area contributed by atoms with Gasteiger partial charge in [0.1, 0.15) is 0 Å². The van der Waals surface area contributed by atoms with Crippen LogP contribution >= 0.6 is 0 Å². The molecule has 0 aromatic heterocycles. The van der Waals surface area contributed by atoms with Gasteiger partial charge in [-0.15, -0.1) is 0 Å². The standard InChI is InChI=1S/C13H22N2O3/c1-9-4-3-5-10(2)15(9)13(18)14-7-6-11(8-14)12(16)17/h9-11H,3-8H2,1-2H3,(H,16,17)/t9-,10+,11?. The van der Waals surface area contributed by atoms with E-state index in [1.54, 1.807) is 4.90 Å². The highest BCUT2D eigenvalue weighted by Gasteiger charge is 2.37. The quantitative estimate of drug-likeness (QED) is 0.776. The van der Waals surface area contributed by atoms with Gasteiger partial charge in [-0.2, -0.15) is 0 Å². The first-order valence-electron chi connectivity index (χ1n) is 6.80. The lowest BCUT2D eigenvalue weighted by molar-refractivity contribution is -0.141. The Morgan fingerprint density at radius 1 is 1.11 bits per heavy atom. The number of urea groups is 1. The van der Waals surface area contributed by atoms with Crippen LogP contribution in [0.3, 0.4) is 0 Å². The largest absolute Gasteiger partial charge is 0.481 e. The Kier molecular flexibility index (Phi) is 3.78. The molecule has 2 aliphatic heterocycles. The van der Waals surface area contributed by atoms with Crippen molar-refractivity contribution in [1.82, 2.24) is 9.80 Å². The van der Waals surface area contributed by atoms with Crippen molar-refractivity contribution in [2.75, 3.05) is 13.1 Å². The Labute approximate surface area is 108 Å². The van der Waals surface area contributed by atoms with E-state index in [4.69, 9.17) is 5.11 Å². The predicted molar refractivity (Wildman–Crippen MR) is 67.3 cm³/mol. The minimum Gasteiger partial charge on any atom is -0.481 e. The molecule has 0 bridgehead atoms. The van der Waals surface area contributed by atoms with E-state index < -0.39 is 5.97 Å². The number of aliphatic carboxylic acids is 1. The summed E-state index contributed by atoms with van der Waals surface area (Å²) < 4.78 is 0. The Morgan fingerprint density at radius 2 is 1.72 bits per heavy atom. The van der Waals surface area contributed by atoms with Crippen LogP contribution in [-0.2, 0) is 4.79 Å². The number of carbonyl (C=O) groups excluding carboxylic acids is 1. The molecular weight excluding hydrogens is 232 g/mol. The Morgan fingerprint density at radius 3 is 2.22 bits per heavy atom. The molecule has 5 nitrogen and oxygen atoms in total. The number of likely N-dealkylation sites (tertiary alicyclic amines) is 2. The van der Waals surface area contributed by atoms with Gasteiger partial charge in [-0.3, -0.25) is 4.79 Å². The molecule has 3 atom stereocenters. The Balaban J connectivity index is 2.01. The van der Waals surface area contributed by atoms with Crippen molar-refractivity contribution in [3.63, 3.8) is 0 Å². The Bertz CT molecular complexity index is 335. The lowest BCUT2D eigenvalue weighted by Gasteiger charge is -2.41. The molecule has 2 rings (SSSR count). The first kappa shape index (κ1) is 13.2. The summed E-state index contributed by atoms with van der Waals surface area (Å²) in [5.41, 5.74) is 0. The van der Waals surface area contributed by atoms with Crippen LogP contribution in [0.15, 0.2) is 0 Å². The smallest absolute Gasteiger partial charge is 0.320 e. The molecule has 2 aliphatic rings. The number of carboxylic acid groups (broad SMARTS) is 1. The van der Waals surface area contributed by atoms with Crippen LogP contribution in [0.4, 0.5) is 4.79 Å². The van der Waals surface area contributed by atoms with Crippen LogP contribution in [0.25, 0.3) is 0 Å². The number of nitrogens with zero attached hydrogens (tertiary/aromatic N) is 2. The van der Waals surface area contributed by atoms with E-state index in [0.717, 1.165) is 12.8 Å². The van der Waals surface area contributed by atoms with Gasteiger partial charge in [0.15, 0.2) is 0 Å². The molecule has 5 heteroatoms. The molecule has 0 aliphatic carbocycles. The summed E-state index contributed by atoms with van der Waals surface area (Å²) in [6, 6.07) is 0.564. The van der Waals surface area contributed by atoms with Crippen LogP contribution in [0.1, 0.15) is 39.5 Å². The van der Waals surface area contributed by atoms with Gasteiger partial charge >= 0.3 is 12.0 Å². The van der Waals surface area contributed by atoms with Crippen LogP contribution in [0.2, 0.25) is 0 Å². The predicted octanol–water partition coefficient (Wildman–Crippen LogP) is 1.78. The van der Waals surface area contributed by atoms with Crippen molar-refractivity contribution in [3.8, 4) is 0 Å². The lowest BCUT2D eigenvalue weighted by atomic mass is 9.98. The molecule has 102 valence electrons. The van der Waals surface area contributed by atoms with Gasteiger partial charge in [0.05, 0.1) is 5.92 Å². The van der Waals surface area contributed by atoms with E-state index in [0.29, 0.717) is 19.5 Å². The summed E-state index contributed by atoms with van der Waals surface area (Å²) in [6.07, 6.45) is 3.85. The molecule has 2 amide bonds. The normalized spacial score (nSPS) is 32.7. The summed E-state index contributed by atoms with van der Waals surface area (Å²) in [7, 11) is 0. The SMILES string of the molecule is C[C@@H]1CCC[C@H](C)N1C(=O)N1CCC(C(=O)O)C1. The topological polar surface area (TPSA) is 60.9 Å². The molecule has 0 radical (unpaired) electrons. The maximum Gasteiger partial charge on any atom is 0.320 e. The highest BCUT2D eigenvalue weighted by Crippen LogP contribution is 2.26. The van der Waals surface area contributed by atoms with Crippen molar-refractivity contribution >= 4 is 12.0 Å². The third kappa shape index (κ3) is 2.44. The molecule has 1 unspecified atom stereocenters. The first-order valence-corrected chi connectivity index (χ1v) is 6.80. The zero-order valence-corrected chi connectivity index (χ0v) is 11.1. The van der Waals surface area contributed by atoms with Gasteiger partial charge in [0.2, 0.25) is 0 Å². The minimum absolute atomic E-state index is 0.0263. The van der Waals surface area contributed by atoms with Crippen molar-refractivity contribution in [2.45, 2.75) is 51.6 Å². The van der Waals surface area contributed by atoms with E-state index in [2.05, 4.69) is 13.8 Å². The van der Waals surface area contributed by atoms with E-state index in [1.807, 2.05) is 4.90 Å². The summed E-state index contributed by atoms with van der Waals surface area (Å²) in [5, 5.41) is 8.98. The van der Waals surface area contributed by atoms with Crippen LogP contribution < -0.4 is 0 Å². The zero-order valence-electron chi connectivity index (χ0n) is 11.1. The van der Waals surface area contributed by atoms with E-state index in [9.17, 15) is 9.59 Å². The number of piperidine rings is 1. The monoisotopic (exact) mass is 254 g/mol. The summed E-state index contributed by atoms with van der Waals surface area (Å²) in [6.45, 7) is 5.10. The van der Waals surface area contributed by atoms with Gasteiger partial charge in [-0.25, -0.2) is 4.79 Å². The molecule has 2 saturated heterocycles. The second-order valence-corrected chi connectivity index (χ2v) is 5.59. The van der Waals surface area contributed by atoms with Gasteiger partial charge in [-0.05, 0) is 39.5 Å². The molecule has 0 saturated carbocycles. The fraction of sp³-hybridized carbons (Fsp3) is 0.846. The molecule has 2 fully saturated rings. The average molecular weight is 254 g/mol. The average Bonchev–Trinajstić information content (AvgIpc) is 2.77. The van der Waals surface area contributed by atoms with E-state index >= 15 is 0 Å². The fourth-order valence-corrected chi connectivity index (χ4v) is 3.10. The van der Waals surface area contributed by atoms with Crippen molar-refractivity contribution in [2.24, 2.45) is 5.92 Å². The molecule has 2 heterocycles. The third-order valence-corrected chi connectivity index (χ3v) is 4.22. The second-order valence-electron chi connectivity index (χ2n) is 5.59. The highest BCUT2D eigenvalue weighted by atomic mass is 16.4. The molecule has 18 heavy (non-hydrogen) atoms. The summed E-state index contributed by atoms with van der Waals surface area (Å²) in [5.74, 6) is -1.17. The van der Waals surface area contributed by atoms with Gasteiger partial charge in [0, 0.05) is 25.2 Å². The van der Waals surface area contributed by atoms with Crippen molar-refractivity contribution < 1.29 is 14.7 Å². The lowest BCUT2D eigenvalue weighted by Crippen LogP contribution is -2.52. The van der Waals surface area contributed by atoms with Crippen LogP contribution in [0, 0.1) is 5.92 Å². The molecule has 1 N–H and O–H groups in total.